The van der Waals surface area contributed by atoms with Gasteiger partial charge in [-0.05, 0) is 37.1 Å². The average Bonchev–Trinajstić information content (AvgIpc) is 2.31. The van der Waals surface area contributed by atoms with E-state index in [1.807, 2.05) is 19.1 Å². The molecule has 4 nitrogen and oxygen atoms in total. The normalized spacial score (nSPS) is 14.1. The van der Waals surface area contributed by atoms with Gasteiger partial charge in [0.05, 0.1) is 19.1 Å². The lowest BCUT2D eigenvalue weighted by Gasteiger charge is -2.19. The Bertz CT molecular complexity index is 419. The first kappa shape index (κ1) is 15.1. The number of rotatable bonds is 5. The molecular formula is C13H17BrO4. The molecule has 2 atom stereocenters. The fraction of sp³-hybridized carbons (Fsp3) is 0.462. The van der Waals surface area contributed by atoms with Crippen LogP contribution in [0.3, 0.4) is 0 Å². The van der Waals surface area contributed by atoms with Crippen LogP contribution >= 0.6 is 15.9 Å². The maximum atomic E-state index is 11.2. The summed E-state index contributed by atoms with van der Waals surface area (Å²) in [4.78, 5) is 11.2. The largest absolute Gasteiger partial charge is 0.466 e. The summed E-state index contributed by atoms with van der Waals surface area (Å²) < 4.78 is 5.54. The standard InChI is InChI=1S/C13H17BrO4/c1-3-18-12(16)7-11(15)13(17)10-6-9(14)5-4-8(10)2/h4-6,11,13,15,17H,3,7H2,1-2H3. The third kappa shape index (κ3) is 4.08. The number of halogens is 1. The van der Waals surface area contributed by atoms with Crippen molar-refractivity contribution < 1.29 is 19.7 Å². The number of esters is 1. The molecule has 1 aromatic rings. The summed E-state index contributed by atoms with van der Waals surface area (Å²) in [6, 6.07) is 5.41. The smallest absolute Gasteiger partial charge is 0.308 e. The zero-order valence-electron chi connectivity index (χ0n) is 10.4. The van der Waals surface area contributed by atoms with E-state index in [1.165, 1.54) is 0 Å². The highest BCUT2D eigenvalue weighted by Crippen LogP contribution is 2.25. The van der Waals surface area contributed by atoms with Crippen LogP contribution in [0.2, 0.25) is 0 Å². The zero-order valence-corrected chi connectivity index (χ0v) is 12.0. The van der Waals surface area contributed by atoms with Crippen LogP contribution in [0.1, 0.15) is 30.6 Å². The van der Waals surface area contributed by atoms with E-state index >= 15 is 0 Å². The van der Waals surface area contributed by atoms with Crippen molar-refractivity contribution in [2.75, 3.05) is 6.61 Å². The van der Waals surface area contributed by atoms with E-state index in [0.29, 0.717) is 5.56 Å². The molecule has 0 aliphatic carbocycles. The number of benzene rings is 1. The minimum atomic E-state index is -1.17. The van der Waals surface area contributed by atoms with Crippen LogP contribution in [0.25, 0.3) is 0 Å². The SMILES string of the molecule is CCOC(=O)CC(O)C(O)c1cc(Br)ccc1C. The Labute approximate surface area is 115 Å². The van der Waals surface area contributed by atoms with E-state index in [0.717, 1.165) is 10.0 Å². The van der Waals surface area contributed by atoms with Crippen molar-refractivity contribution in [3.8, 4) is 0 Å². The Morgan fingerprint density at radius 3 is 2.72 bits per heavy atom. The first-order chi connectivity index (χ1) is 8.45. The lowest BCUT2D eigenvalue weighted by molar-refractivity contribution is -0.147. The van der Waals surface area contributed by atoms with Gasteiger partial charge in [-0.2, -0.15) is 0 Å². The first-order valence-electron chi connectivity index (χ1n) is 5.73. The fourth-order valence-corrected chi connectivity index (χ4v) is 2.02. The van der Waals surface area contributed by atoms with E-state index in [4.69, 9.17) is 4.74 Å². The number of hydrogen-bond donors (Lipinski definition) is 2. The Hall–Kier alpha value is -0.910. The van der Waals surface area contributed by atoms with Gasteiger partial charge in [-0.25, -0.2) is 0 Å². The van der Waals surface area contributed by atoms with Gasteiger partial charge in [-0.3, -0.25) is 4.79 Å². The molecule has 0 radical (unpaired) electrons. The lowest BCUT2D eigenvalue weighted by atomic mass is 9.98. The van der Waals surface area contributed by atoms with Gasteiger partial charge in [-0.15, -0.1) is 0 Å². The monoisotopic (exact) mass is 316 g/mol. The second kappa shape index (κ2) is 6.87. The summed E-state index contributed by atoms with van der Waals surface area (Å²) in [6.07, 6.45) is -2.50. The van der Waals surface area contributed by atoms with E-state index < -0.39 is 18.2 Å². The molecule has 0 fully saturated rings. The lowest BCUT2D eigenvalue weighted by Crippen LogP contribution is -2.23. The Kier molecular flexibility index (Phi) is 5.78. The van der Waals surface area contributed by atoms with E-state index in [9.17, 15) is 15.0 Å². The number of carbonyl (C=O) groups excluding carboxylic acids is 1. The molecule has 0 amide bonds. The first-order valence-corrected chi connectivity index (χ1v) is 6.52. The number of carbonyl (C=O) groups is 1. The van der Waals surface area contributed by atoms with E-state index in [-0.39, 0.29) is 13.0 Å². The van der Waals surface area contributed by atoms with Gasteiger partial charge in [0.15, 0.2) is 0 Å². The van der Waals surface area contributed by atoms with Crippen molar-refractivity contribution in [2.45, 2.75) is 32.5 Å². The average molecular weight is 317 g/mol. The van der Waals surface area contributed by atoms with Crippen LogP contribution in [0, 0.1) is 6.92 Å². The van der Waals surface area contributed by atoms with Crippen molar-refractivity contribution >= 4 is 21.9 Å². The molecule has 0 spiro atoms. The third-order valence-electron chi connectivity index (χ3n) is 2.61. The molecule has 0 saturated heterocycles. The molecule has 0 aliphatic rings. The van der Waals surface area contributed by atoms with Crippen LogP contribution in [0.5, 0.6) is 0 Å². The third-order valence-corrected chi connectivity index (χ3v) is 3.10. The molecule has 0 aromatic heterocycles. The highest BCUT2D eigenvalue weighted by molar-refractivity contribution is 9.10. The summed E-state index contributed by atoms with van der Waals surface area (Å²) in [5.74, 6) is -0.517. The Morgan fingerprint density at radius 2 is 2.11 bits per heavy atom. The highest BCUT2D eigenvalue weighted by atomic mass is 79.9. The van der Waals surface area contributed by atoms with Gasteiger partial charge in [0, 0.05) is 4.47 Å². The summed E-state index contributed by atoms with van der Waals surface area (Å²) in [5, 5.41) is 19.9. The van der Waals surface area contributed by atoms with Crippen LogP contribution < -0.4 is 0 Å². The molecule has 1 rings (SSSR count). The predicted octanol–water partition coefficient (Wildman–Crippen LogP) is 2.11. The van der Waals surface area contributed by atoms with Gasteiger partial charge >= 0.3 is 5.97 Å². The Morgan fingerprint density at radius 1 is 1.44 bits per heavy atom. The van der Waals surface area contributed by atoms with Crippen molar-refractivity contribution in [3.63, 3.8) is 0 Å². The number of hydrogen-bond acceptors (Lipinski definition) is 4. The topological polar surface area (TPSA) is 66.8 Å². The summed E-state index contributed by atoms with van der Waals surface area (Å²) in [7, 11) is 0. The number of aliphatic hydroxyl groups is 2. The second-order valence-corrected chi connectivity index (χ2v) is 4.94. The number of aryl methyl sites for hydroxylation is 1. The van der Waals surface area contributed by atoms with Gasteiger partial charge in [0.2, 0.25) is 0 Å². The molecule has 0 heterocycles. The highest BCUT2D eigenvalue weighted by Gasteiger charge is 2.23. The van der Waals surface area contributed by atoms with Crippen LogP contribution in [-0.2, 0) is 9.53 Å². The molecule has 100 valence electrons. The molecule has 0 aliphatic heterocycles. The van der Waals surface area contributed by atoms with Crippen molar-refractivity contribution in [2.24, 2.45) is 0 Å². The Balaban J connectivity index is 2.76. The van der Waals surface area contributed by atoms with Gasteiger partial charge in [0.1, 0.15) is 6.10 Å². The molecule has 18 heavy (non-hydrogen) atoms. The quantitative estimate of drug-likeness (QED) is 0.816. The molecule has 2 N–H and O–H groups in total. The van der Waals surface area contributed by atoms with Crippen LogP contribution in [0.15, 0.2) is 22.7 Å². The van der Waals surface area contributed by atoms with Crippen molar-refractivity contribution in [1.82, 2.24) is 0 Å². The second-order valence-electron chi connectivity index (χ2n) is 4.02. The van der Waals surface area contributed by atoms with E-state index in [2.05, 4.69) is 15.9 Å². The predicted molar refractivity (Wildman–Crippen MR) is 71.1 cm³/mol. The zero-order chi connectivity index (χ0) is 13.7. The van der Waals surface area contributed by atoms with Gasteiger partial charge in [0.25, 0.3) is 0 Å². The maximum Gasteiger partial charge on any atom is 0.308 e. The minimum absolute atomic E-state index is 0.221. The summed E-state index contributed by atoms with van der Waals surface area (Å²) >= 11 is 3.31. The number of aliphatic hydroxyl groups excluding tert-OH is 2. The van der Waals surface area contributed by atoms with Gasteiger partial charge in [-0.1, -0.05) is 22.0 Å². The van der Waals surface area contributed by atoms with Crippen LogP contribution in [-0.4, -0.2) is 28.9 Å². The van der Waals surface area contributed by atoms with Crippen LogP contribution in [0.4, 0.5) is 0 Å². The molecule has 5 heteroatoms. The molecule has 0 saturated carbocycles. The summed E-state index contributed by atoms with van der Waals surface area (Å²) in [5.41, 5.74) is 1.45. The minimum Gasteiger partial charge on any atom is -0.466 e. The maximum absolute atomic E-state index is 11.2. The van der Waals surface area contributed by atoms with E-state index in [1.54, 1.807) is 13.0 Å². The fourth-order valence-electron chi connectivity index (χ4n) is 1.64. The van der Waals surface area contributed by atoms with Crippen molar-refractivity contribution in [1.29, 1.82) is 0 Å². The molecule has 0 bridgehead atoms. The van der Waals surface area contributed by atoms with Crippen molar-refractivity contribution in [3.05, 3.63) is 33.8 Å². The molecule has 1 aromatic carbocycles. The molecular weight excluding hydrogens is 300 g/mol. The summed E-state index contributed by atoms with van der Waals surface area (Å²) in [6.45, 7) is 3.79. The molecule has 2 unspecified atom stereocenters. The number of ether oxygens (including phenoxy) is 1. The van der Waals surface area contributed by atoms with Gasteiger partial charge < -0.3 is 14.9 Å².